The van der Waals surface area contributed by atoms with Gasteiger partial charge in [0.1, 0.15) is 23.9 Å². The molecule has 7 N–H and O–H groups in total. The van der Waals surface area contributed by atoms with Gasteiger partial charge in [0.05, 0.1) is 30.7 Å². The standard InChI is InChI=1S/C15H28N2O8/c1-6-4-15(23,5-7(18)19)14(24-6)25-13-11(21)8(16-2)10(20)9(17-3)12(13)22/h6,8-14,16-17,20-23H,4-5H2,1-3H3,(H,18,19)/t6-,8-,9+,10?,11+,12-,13?,14+,15+/m1/s1. The summed E-state index contributed by atoms with van der Waals surface area (Å²) in [7, 11) is 3.10. The molecule has 0 aromatic heterocycles. The van der Waals surface area contributed by atoms with E-state index in [-0.39, 0.29) is 6.42 Å². The Balaban J connectivity index is 2.22. The number of aliphatic carboxylic acids is 1. The highest BCUT2D eigenvalue weighted by atomic mass is 16.7. The molecule has 0 aromatic rings. The van der Waals surface area contributed by atoms with E-state index in [4.69, 9.17) is 14.6 Å². The fourth-order valence-electron chi connectivity index (χ4n) is 3.78. The van der Waals surface area contributed by atoms with Crippen molar-refractivity contribution in [3.8, 4) is 0 Å². The summed E-state index contributed by atoms with van der Waals surface area (Å²) in [5, 5.41) is 56.4. The van der Waals surface area contributed by atoms with Gasteiger partial charge in [-0.1, -0.05) is 0 Å². The van der Waals surface area contributed by atoms with Crippen molar-refractivity contribution >= 4 is 5.97 Å². The van der Waals surface area contributed by atoms with E-state index in [1.807, 2.05) is 0 Å². The molecule has 0 bridgehead atoms. The molecule has 146 valence electrons. The van der Waals surface area contributed by atoms with E-state index in [1.165, 1.54) is 0 Å². The van der Waals surface area contributed by atoms with Crippen LogP contribution in [0.4, 0.5) is 0 Å². The third-order valence-electron chi connectivity index (χ3n) is 4.99. The van der Waals surface area contributed by atoms with Gasteiger partial charge in [-0.15, -0.1) is 0 Å². The van der Waals surface area contributed by atoms with Gasteiger partial charge in [0, 0.05) is 6.42 Å². The van der Waals surface area contributed by atoms with Crippen molar-refractivity contribution in [3.63, 3.8) is 0 Å². The molecule has 25 heavy (non-hydrogen) atoms. The first-order chi connectivity index (χ1) is 11.6. The van der Waals surface area contributed by atoms with Gasteiger partial charge in [-0.05, 0) is 21.0 Å². The monoisotopic (exact) mass is 364 g/mol. The number of hydrogen-bond acceptors (Lipinski definition) is 9. The van der Waals surface area contributed by atoms with Crippen LogP contribution in [0, 0.1) is 0 Å². The van der Waals surface area contributed by atoms with Gasteiger partial charge in [-0.2, -0.15) is 0 Å². The number of likely N-dealkylation sites (N-methyl/N-ethyl adjacent to an activating group) is 2. The maximum Gasteiger partial charge on any atom is 0.306 e. The first kappa shape index (κ1) is 20.5. The molecule has 1 aliphatic heterocycles. The highest BCUT2D eigenvalue weighted by Crippen LogP contribution is 2.37. The Labute approximate surface area is 145 Å². The molecule has 10 nitrogen and oxygen atoms in total. The van der Waals surface area contributed by atoms with Gasteiger partial charge in [-0.25, -0.2) is 0 Å². The molecular formula is C15H28N2O8. The van der Waals surface area contributed by atoms with Crippen LogP contribution in [0.3, 0.4) is 0 Å². The fraction of sp³-hybridized carbons (Fsp3) is 0.933. The van der Waals surface area contributed by atoms with Crippen LogP contribution in [0.5, 0.6) is 0 Å². The Kier molecular flexibility index (Phi) is 6.39. The van der Waals surface area contributed by atoms with Crippen LogP contribution in [0.25, 0.3) is 0 Å². The number of ether oxygens (including phenoxy) is 2. The summed E-state index contributed by atoms with van der Waals surface area (Å²) in [5.41, 5.74) is -1.77. The Morgan fingerprint density at radius 3 is 2.12 bits per heavy atom. The second-order valence-electron chi connectivity index (χ2n) is 6.86. The molecule has 0 aromatic carbocycles. The first-order valence-corrected chi connectivity index (χ1v) is 8.28. The Bertz CT molecular complexity index is 462. The van der Waals surface area contributed by atoms with E-state index in [0.717, 1.165) is 0 Å². The predicted octanol–water partition coefficient (Wildman–Crippen LogP) is -3.02. The molecular weight excluding hydrogens is 336 g/mol. The highest BCUT2D eigenvalue weighted by molar-refractivity contribution is 5.68. The number of aliphatic hydroxyl groups is 4. The lowest BCUT2D eigenvalue weighted by molar-refractivity contribution is -0.270. The average molecular weight is 364 g/mol. The SMILES string of the molecule is CN[C@@H]1C(O)[C@H](NC)[C@@H](O)C(O[C@@H]2O[C@H](C)C[C@]2(O)CC(=O)O)[C@H]1O. The number of rotatable bonds is 6. The summed E-state index contributed by atoms with van der Waals surface area (Å²) in [4.78, 5) is 11.1. The molecule has 9 atom stereocenters. The van der Waals surface area contributed by atoms with Crippen molar-refractivity contribution in [2.45, 2.75) is 74.3 Å². The third-order valence-corrected chi connectivity index (χ3v) is 4.99. The van der Waals surface area contributed by atoms with Crippen LogP contribution >= 0.6 is 0 Å². The van der Waals surface area contributed by atoms with Crippen molar-refractivity contribution in [1.82, 2.24) is 10.6 Å². The highest BCUT2D eigenvalue weighted by Gasteiger charge is 2.54. The van der Waals surface area contributed by atoms with E-state index in [9.17, 15) is 25.2 Å². The minimum absolute atomic E-state index is 0.0520. The fourth-order valence-corrected chi connectivity index (χ4v) is 3.78. The minimum atomic E-state index is -1.77. The van der Waals surface area contributed by atoms with E-state index < -0.39 is 66.9 Å². The summed E-state index contributed by atoms with van der Waals surface area (Å²) in [6.45, 7) is 1.67. The molecule has 10 heteroatoms. The zero-order valence-electron chi connectivity index (χ0n) is 14.5. The number of hydrogen-bond donors (Lipinski definition) is 7. The van der Waals surface area contributed by atoms with Crippen LogP contribution in [-0.2, 0) is 14.3 Å². The second kappa shape index (κ2) is 7.80. The molecule has 0 radical (unpaired) electrons. The molecule has 1 heterocycles. The number of carboxylic acids is 1. The van der Waals surface area contributed by atoms with Crippen molar-refractivity contribution in [2.24, 2.45) is 0 Å². The molecule has 2 unspecified atom stereocenters. The summed E-state index contributed by atoms with van der Waals surface area (Å²) in [6.07, 6.45) is -7.18. The Morgan fingerprint density at radius 2 is 1.68 bits per heavy atom. The van der Waals surface area contributed by atoms with Crippen molar-refractivity contribution in [2.75, 3.05) is 14.1 Å². The second-order valence-corrected chi connectivity index (χ2v) is 6.86. The smallest absolute Gasteiger partial charge is 0.306 e. The number of nitrogens with one attached hydrogen (secondary N) is 2. The van der Waals surface area contributed by atoms with E-state index in [1.54, 1.807) is 21.0 Å². The molecule has 2 rings (SSSR count). The summed E-state index contributed by atoms with van der Waals surface area (Å²) in [6, 6.07) is -1.59. The number of aliphatic hydroxyl groups excluding tert-OH is 3. The average Bonchev–Trinajstić information content (AvgIpc) is 2.77. The summed E-state index contributed by atoms with van der Waals surface area (Å²) in [5.74, 6) is -1.21. The van der Waals surface area contributed by atoms with E-state index >= 15 is 0 Å². The number of carboxylic acid groups (broad SMARTS) is 1. The lowest BCUT2D eigenvalue weighted by atomic mass is 9.81. The van der Waals surface area contributed by atoms with Crippen LogP contribution in [0.15, 0.2) is 0 Å². The van der Waals surface area contributed by atoms with Crippen LogP contribution in [-0.4, -0.2) is 100 Å². The maximum absolute atomic E-state index is 11.1. The summed E-state index contributed by atoms with van der Waals surface area (Å²) < 4.78 is 11.1. The van der Waals surface area contributed by atoms with Crippen LogP contribution in [0.1, 0.15) is 19.8 Å². The Morgan fingerprint density at radius 1 is 1.16 bits per heavy atom. The van der Waals surface area contributed by atoms with E-state index in [0.29, 0.717) is 0 Å². The molecule has 1 saturated carbocycles. The number of carbonyl (C=O) groups is 1. The van der Waals surface area contributed by atoms with Gasteiger partial charge in [0.25, 0.3) is 0 Å². The van der Waals surface area contributed by atoms with Crippen LogP contribution in [0.2, 0.25) is 0 Å². The minimum Gasteiger partial charge on any atom is -0.481 e. The largest absolute Gasteiger partial charge is 0.481 e. The van der Waals surface area contributed by atoms with Gasteiger partial charge in [-0.3, -0.25) is 4.79 Å². The maximum atomic E-state index is 11.1. The first-order valence-electron chi connectivity index (χ1n) is 8.28. The molecule has 2 aliphatic rings. The van der Waals surface area contributed by atoms with Gasteiger partial charge in [0.2, 0.25) is 0 Å². The van der Waals surface area contributed by atoms with Gasteiger partial charge >= 0.3 is 5.97 Å². The van der Waals surface area contributed by atoms with Crippen molar-refractivity contribution < 1.29 is 39.8 Å². The predicted molar refractivity (Wildman–Crippen MR) is 84.7 cm³/mol. The zero-order chi connectivity index (χ0) is 18.9. The van der Waals surface area contributed by atoms with E-state index in [2.05, 4.69) is 10.6 Å². The van der Waals surface area contributed by atoms with Crippen LogP contribution < -0.4 is 10.6 Å². The topological polar surface area (TPSA) is 161 Å². The zero-order valence-corrected chi connectivity index (χ0v) is 14.5. The molecule has 0 amide bonds. The molecule has 1 aliphatic carbocycles. The molecule has 2 fully saturated rings. The molecule has 1 saturated heterocycles. The quantitative estimate of drug-likeness (QED) is 0.258. The normalized spacial score (nSPS) is 47.8. The van der Waals surface area contributed by atoms with Crippen molar-refractivity contribution in [3.05, 3.63) is 0 Å². The Hall–Kier alpha value is -0.850. The van der Waals surface area contributed by atoms with Gasteiger partial charge in [0.15, 0.2) is 6.29 Å². The lowest BCUT2D eigenvalue weighted by Gasteiger charge is -2.46. The lowest BCUT2D eigenvalue weighted by Crippen LogP contribution is -2.71. The van der Waals surface area contributed by atoms with Gasteiger partial charge < -0.3 is 45.6 Å². The van der Waals surface area contributed by atoms with Crippen molar-refractivity contribution in [1.29, 1.82) is 0 Å². The molecule has 0 spiro atoms. The summed E-state index contributed by atoms with van der Waals surface area (Å²) >= 11 is 0. The third kappa shape index (κ3) is 3.96.